The zero-order valence-corrected chi connectivity index (χ0v) is 10.6. The molecule has 100 valence electrons. The maximum absolute atomic E-state index is 11.8. The Labute approximate surface area is 110 Å². The van der Waals surface area contributed by atoms with Gasteiger partial charge in [-0.2, -0.15) is 5.26 Å². The number of hydrogen-bond donors (Lipinski definition) is 2. The second-order valence-corrected chi connectivity index (χ2v) is 3.41. The third-order valence-corrected chi connectivity index (χ3v) is 2.18. The molecule has 0 spiro atoms. The van der Waals surface area contributed by atoms with E-state index >= 15 is 0 Å². The van der Waals surface area contributed by atoms with E-state index in [2.05, 4.69) is 5.32 Å². The van der Waals surface area contributed by atoms with Gasteiger partial charge in [-0.25, -0.2) is 0 Å². The van der Waals surface area contributed by atoms with Crippen molar-refractivity contribution in [3.8, 4) is 11.8 Å². The molecule has 2 N–H and O–H groups in total. The minimum Gasteiger partial charge on any atom is -0.497 e. The number of rotatable bonds is 5. The number of nitrogens with one attached hydrogen (secondary N) is 1. The van der Waals surface area contributed by atoms with Gasteiger partial charge in [0.05, 0.1) is 13.7 Å². The van der Waals surface area contributed by atoms with Crippen molar-refractivity contribution in [3.63, 3.8) is 0 Å². The smallest absolute Gasteiger partial charge is 0.301 e. The number of nitriles is 1. The summed E-state index contributed by atoms with van der Waals surface area (Å²) in [6.45, 7) is 1.79. The molecule has 6 nitrogen and oxygen atoms in total. The second kappa shape index (κ2) is 6.91. The Bertz CT molecular complexity index is 514. The highest BCUT2D eigenvalue weighted by Crippen LogP contribution is 2.16. The number of anilines is 1. The van der Waals surface area contributed by atoms with Gasteiger partial charge in [-0.3, -0.25) is 4.79 Å². The standard InChI is InChI=1S/C13H14N2O4/c1-3-19-13(17)11(8-14)12(16)15-9-4-6-10(18-2)7-5-9/h4-7,17H,3H2,1-2H3,(H,15,16)/b13-11+. The molecule has 1 amide bonds. The number of aliphatic hydroxyl groups excluding tert-OH is 1. The van der Waals surface area contributed by atoms with Crippen molar-refractivity contribution in [1.29, 1.82) is 5.26 Å². The lowest BCUT2D eigenvalue weighted by Gasteiger charge is -2.07. The Balaban J connectivity index is 2.83. The van der Waals surface area contributed by atoms with Crippen LogP contribution in [-0.4, -0.2) is 24.7 Å². The van der Waals surface area contributed by atoms with Gasteiger partial charge >= 0.3 is 5.95 Å². The summed E-state index contributed by atoms with van der Waals surface area (Å²) >= 11 is 0. The van der Waals surface area contributed by atoms with Gasteiger partial charge in [0.25, 0.3) is 5.91 Å². The summed E-state index contributed by atoms with van der Waals surface area (Å²) in [6.07, 6.45) is 0. The van der Waals surface area contributed by atoms with Crippen LogP contribution >= 0.6 is 0 Å². The molecule has 0 saturated carbocycles. The van der Waals surface area contributed by atoms with Crippen molar-refractivity contribution < 1.29 is 19.4 Å². The monoisotopic (exact) mass is 262 g/mol. The van der Waals surface area contributed by atoms with Crippen molar-refractivity contribution in [2.45, 2.75) is 6.92 Å². The average Bonchev–Trinajstić information content (AvgIpc) is 2.40. The summed E-state index contributed by atoms with van der Waals surface area (Å²) in [7, 11) is 1.53. The molecule has 0 atom stereocenters. The molecule has 0 aliphatic rings. The molecule has 0 aromatic heterocycles. The molecule has 0 saturated heterocycles. The van der Waals surface area contributed by atoms with E-state index in [0.29, 0.717) is 11.4 Å². The largest absolute Gasteiger partial charge is 0.497 e. The van der Waals surface area contributed by atoms with Crippen LogP contribution in [0.4, 0.5) is 5.69 Å². The van der Waals surface area contributed by atoms with Gasteiger partial charge in [-0.1, -0.05) is 0 Å². The molecular formula is C13H14N2O4. The number of hydrogen-bond acceptors (Lipinski definition) is 5. The number of nitrogens with zero attached hydrogens (tertiary/aromatic N) is 1. The summed E-state index contributed by atoms with van der Waals surface area (Å²) < 4.78 is 9.70. The highest BCUT2D eigenvalue weighted by atomic mass is 16.6. The average molecular weight is 262 g/mol. The van der Waals surface area contributed by atoms with Gasteiger partial charge < -0.3 is 19.9 Å². The summed E-state index contributed by atoms with van der Waals surface area (Å²) in [6, 6.07) is 8.15. The Morgan fingerprint density at radius 3 is 2.53 bits per heavy atom. The Morgan fingerprint density at radius 2 is 2.05 bits per heavy atom. The first kappa shape index (κ1) is 14.4. The molecule has 0 radical (unpaired) electrons. The van der Waals surface area contributed by atoms with Gasteiger partial charge in [-0.05, 0) is 31.2 Å². The molecule has 0 aliphatic heterocycles. The van der Waals surface area contributed by atoms with E-state index in [9.17, 15) is 9.90 Å². The lowest BCUT2D eigenvalue weighted by Crippen LogP contribution is -2.16. The predicted octanol–water partition coefficient (Wildman–Crippen LogP) is 1.96. The Kier molecular flexibility index (Phi) is 5.23. The fraction of sp³-hybridized carbons (Fsp3) is 0.231. The van der Waals surface area contributed by atoms with Crippen LogP contribution < -0.4 is 10.1 Å². The molecule has 19 heavy (non-hydrogen) atoms. The third kappa shape index (κ3) is 3.92. The fourth-order valence-electron chi connectivity index (χ4n) is 1.27. The van der Waals surface area contributed by atoms with E-state index in [4.69, 9.17) is 14.7 Å². The Morgan fingerprint density at radius 1 is 1.42 bits per heavy atom. The van der Waals surface area contributed by atoms with E-state index in [-0.39, 0.29) is 6.61 Å². The van der Waals surface area contributed by atoms with Gasteiger partial charge in [0, 0.05) is 5.69 Å². The second-order valence-electron chi connectivity index (χ2n) is 3.41. The van der Waals surface area contributed by atoms with Crippen LogP contribution in [0.2, 0.25) is 0 Å². The summed E-state index contributed by atoms with van der Waals surface area (Å²) in [5.41, 5.74) is 0.000478. The van der Waals surface area contributed by atoms with Crippen LogP contribution in [0.3, 0.4) is 0 Å². The van der Waals surface area contributed by atoms with Crippen LogP contribution in [0.25, 0.3) is 0 Å². The van der Waals surface area contributed by atoms with Crippen LogP contribution in [0.15, 0.2) is 35.8 Å². The molecule has 0 fully saturated rings. The first-order valence-electron chi connectivity index (χ1n) is 5.53. The number of carbonyl (C=O) groups is 1. The third-order valence-electron chi connectivity index (χ3n) is 2.18. The van der Waals surface area contributed by atoms with Crippen molar-refractivity contribution in [3.05, 3.63) is 35.8 Å². The summed E-state index contributed by atoms with van der Waals surface area (Å²) in [4.78, 5) is 11.8. The lowest BCUT2D eigenvalue weighted by atomic mass is 10.2. The highest BCUT2D eigenvalue weighted by Gasteiger charge is 2.16. The van der Waals surface area contributed by atoms with Crippen LogP contribution in [0.1, 0.15) is 6.92 Å². The minimum atomic E-state index is -0.737. The summed E-state index contributed by atoms with van der Waals surface area (Å²) in [5, 5.41) is 20.7. The first-order valence-corrected chi connectivity index (χ1v) is 5.53. The van der Waals surface area contributed by atoms with Gasteiger partial charge in [-0.15, -0.1) is 0 Å². The van der Waals surface area contributed by atoms with Gasteiger partial charge in [0.1, 0.15) is 11.8 Å². The van der Waals surface area contributed by atoms with E-state index in [1.165, 1.54) is 7.11 Å². The van der Waals surface area contributed by atoms with E-state index in [1.807, 2.05) is 0 Å². The van der Waals surface area contributed by atoms with Gasteiger partial charge in [0.15, 0.2) is 5.57 Å². The molecule has 1 rings (SSSR count). The molecule has 1 aromatic carbocycles. The topological polar surface area (TPSA) is 91.6 Å². The zero-order chi connectivity index (χ0) is 14.3. The van der Waals surface area contributed by atoms with Crippen molar-refractivity contribution in [1.82, 2.24) is 0 Å². The molecule has 0 unspecified atom stereocenters. The van der Waals surface area contributed by atoms with Crippen molar-refractivity contribution >= 4 is 11.6 Å². The van der Waals surface area contributed by atoms with Crippen molar-refractivity contribution in [2.24, 2.45) is 0 Å². The van der Waals surface area contributed by atoms with Crippen LogP contribution in [0.5, 0.6) is 5.75 Å². The molecule has 0 heterocycles. The number of carbonyl (C=O) groups excluding carboxylic acids is 1. The summed E-state index contributed by atoms with van der Waals surface area (Å²) in [5.74, 6) is -0.777. The van der Waals surface area contributed by atoms with Crippen LogP contribution in [0, 0.1) is 11.3 Å². The minimum absolute atomic E-state index is 0.160. The quantitative estimate of drug-likeness (QED) is 0.481. The van der Waals surface area contributed by atoms with E-state index in [0.717, 1.165) is 0 Å². The molecule has 0 aliphatic carbocycles. The molecule has 0 bridgehead atoms. The number of aliphatic hydroxyl groups is 1. The number of benzene rings is 1. The zero-order valence-electron chi connectivity index (χ0n) is 10.6. The first-order chi connectivity index (χ1) is 9.12. The maximum Gasteiger partial charge on any atom is 0.301 e. The lowest BCUT2D eigenvalue weighted by molar-refractivity contribution is -0.113. The SMILES string of the molecule is CCO/C(O)=C(\C#N)C(=O)Nc1ccc(OC)cc1. The van der Waals surface area contributed by atoms with Crippen molar-refractivity contribution in [2.75, 3.05) is 19.0 Å². The number of ether oxygens (including phenoxy) is 2. The molecule has 1 aromatic rings. The molecule has 6 heteroatoms. The highest BCUT2D eigenvalue weighted by molar-refractivity contribution is 6.06. The Hall–Kier alpha value is -2.68. The fourth-order valence-corrected chi connectivity index (χ4v) is 1.27. The maximum atomic E-state index is 11.8. The van der Waals surface area contributed by atoms with E-state index < -0.39 is 17.4 Å². The normalized spacial score (nSPS) is 11.0. The van der Waals surface area contributed by atoms with Gasteiger partial charge in [0.2, 0.25) is 0 Å². The molecular weight excluding hydrogens is 248 g/mol. The number of methoxy groups -OCH3 is 1. The predicted molar refractivity (Wildman–Crippen MR) is 68.5 cm³/mol. The number of amides is 1. The van der Waals surface area contributed by atoms with E-state index in [1.54, 1.807) is 37.3 Å². The van der Waals surface area contributed by atoms with Crippen LogP contribution in [-0.2, 0) is 9.53 Å².